The highest BCUT2D eigenvalue weighted by molar-refractivity contribution is 9.10. The summed E-state index contributed by atoms with van der Waals surface area (Å²) >= 11 is 3.24. The predicted molar refractivity (Wildman–Crippen MR) is 73.0 cm³/mol. The van der Waals surface area contributed by atoms with Gasteiger partial charge in [-0.05, 0) is 35.8 Å². The van der Waals surface area contributed by atoms with Crippen molar-refractivity contribution in [1.29, 1.82) is 0 Å². The molecular weight excluding hydrogens is 316 g/mol. The van der Waals surface area contributed by atoms with Gasteiger partial charge in [-0.1, -0.05) is 0 Å². The molecule has 0 radical (unpaired) electrons. The van der Waals surface area contributed by atoms with E-state index in [2.05, 4.69) is 21.2 Å². The fourth-order valence-electron chi connectivity index (χ4n) is 1.51. The van der Waals surface area contributed by atoms with E-state index in [9.17, 15) is 14.4 Å². The van der Waals surface area contributed by atoms with Gasteiger partial charge in [0.2, 0.25) is 5.91 Å². The predicted octanol–water partition coefficient (Wildman–Crippen LogP) is 0.937. The molecule has 0 bridgehead atoms. The van der Waals surface area contributed by atoms with Crippen molar-refractivity contribution in [3.63, 3.8) is 0 Å². The third-order valence-corrected chi connectivity index (χ3v) is 3.13. The van der Waals surface area contributed by atoms with Crippen LogP contribution in [0.15, 0.2) is 27.6 Å². The van der Waals surface area contributed by atoms with Crippen LogP contribution in [0.5, 0.6) is 0 Å². The first-order chi connectivity index (χ1) is 8.75. The van der Waals surface area contributed by atoms with Crippen molar-refractivity contribution in [2.45, 2.75) is 25.8 Å². The number of hydrogen-bond acceptors (Lipinski definition) is 3. The molecule has 1 amide bonds. The Morgan fingerprint density at radius 1 is 1.42 bits per heavy atom. The van der Waals surface area contributed by atoms with Crippen LogP contribution in [0.1, 0.15) is 20.3 Å². The lowest BCUT2D eigenvalue weighted by Gasteiger charge is -2.26. The summed E-state index contributed by atoms with van der Waals surface area (Å²) in [6, 6.07) is 2.95. The van der Waals surface area contributed by atoms with E-state index in [1.807, 2.05) is 0 Å². The SMILES string of the molecule is CC(C)(C(=O)NCCC(=O)O)n1cc(Br)ccc1=O. The number of aromatic nitrogens is 1. The molecule has 0 fully saturated rings. The van der Waals surface area contributed by atoms with Gasteiger partial charge in [-0.2, -0.15) is 0 Å². The molecule has 1 aromatic heterocycles. The minimum absolute atomic E-state index is 0.0281. The molecule has 104 valence electrons. The average molecular weight is 331 g/mol. The van der Waals surface area contributed by atoms with Crippen molar-refractivity contribution in [3.05, 3.63) is 33.2 Å². The molecule has 1 rings (SSSR count). The number of nitrogens with one attached hydrogen (secondary N) is 1. The molecule has 0 aliphatic heterocycles. The molecule has 1 aromatic rings. The Morgan fingerprint density at radius 3 is 2.63 bits per heavy atom. The Kier molecular flexibility index (Phi) is 4.88. The van der Waals surface area contributed by atoms with Gasteiger partial charge in [0.1, 0.15) is 5.54 Å². The third-order valence-electron chi connectivity index (χ3n) is 2.66. The largest absolute Gasteiger partial charge is 0.481 e. The Labute approximate surface area is 118 Å². The summed E-state index contributed by atoms with van der Waals surface area (Å²) in [5, 5.41) is 11.0. The van der Waals surface area contributed by atoms with Crippen LogP contribution in [0, 0.1) is 0 Å². The highest BCUT2D eigenvalue weighted by Crippen LogP contribution is 2.15. The number of carbonyl (C=O) groups is 2. The Morgan fingerprint density at radius 2 is 2.05 bits per heavy atom. The second kappa shape index (κ2) is 6.01. The summed E-state index contributed by atoms with van der Waals surface area (Å²) in [5.74, 6) is -1.40. The molecule has 0 aliphatic rings. The molecule has 0 unspecified atom stereocenters. The Bertz CT molecular complexity index is 551. The van der Waals surface area contributed by atoms with E-state index in [0.717, 1.165) is 0 Å². The minimum atomic E-state index is -1.10. The molecule has 0 atom stereocenters. The number of carboxylic acid groups (broad SMARTS) is 1. The second-order valence-electron chi connectivity index (χ2n) is 4.51. The molecule has 6 nitrogen and oxygen atoms in total. The molecule has 19 heavy (non-hydrogen) atoms. The first-order valence-corrected chi connectivity index (χ1v) is 6.43. The zero-order valence-electron chi connectivity index (χ0n) is 10.6. The van der Waals surface area contributed by atoms with Crippen LogP contribution in [-0.4, -0.2) is 28.1 Å². The van der Waals surface area contributed by atoms with Crippen LogP contribution in [0.4, 0.5) is 0 Å². The number of carboxylic acids is 1. The Hall–Kier alpha value is -1.63. The van der Waals surface area contributed by atoms with Crippen molar-refractivity contribution in [2.24, 2.45) is 0 Å². The van der Waals surface area contributed by atoms with E-state index in [0.29, 0.717) is 4.47 Å². The summed E-state index contributed by atoms with van der Waals surface area (Å²) in [7, 11) is 0. The Balaban J connectivity index is 2.90. The summed E-state index contributed by atoms with van der Waals surface area (Å²) in [6.07, 6.45) is 1.37. The van der Waals surface area contributed by atoms with Crippen molar-refractivity contribution in [1.82, 2.24) is 9.88 Å². The topological polar surface area (TPSA) is 88.4 Å². The maximum atomic E-state index is 12.0. The maximum Gasteiger partial charge on any atom is 0.305 e. The van der Waals surface area contributed by atoms with Crippen LogP contribution in [0.2, 0.25) is 0 Å². The molecule has 7 heteroatoms. The van der Waals surface area contributed by atoms with Gasteiger partial charge in [0.25, 0.3) is 5.56 Å². The van der Waals surface area contributed by atoms with Gasteiger partial charge in [0, 0.05) is 23.3 Å². The maximum absolute atomic E-state index is 12.0. The summed E-state index contributed by atoms with van der Waals surface area (Å²) < 4.78 is 1.98. The fourth-order valence-corrected chi connectivity index (χ4v) is 1.84. The van der Waals surface area contributed by atoms with Gasteiger partial charge in [-0.3, -0.25) is 19.0 Å². The fraction of sp³-hybridized carbons (Fsp3) is 0.417. The molecule has 0 saturated heterocycles. The van der Waals surface area contributed by atoms with Crippen molar-refractivity contribution in [3.8, 4) is 0 Å². The number of halogens is 1. The lowest BCUT2D eigenvalue weighted by Crippen LogP contribution is -2.48. The zero-order chi connectivity index (χ0) is 14.6. The van der Waals surface area contributed by atoms with Crippen LogP contribution in [0.3, 0.4) is 0 Å². The highest BCUT2D eigenvalue weighted by Gasteiger charge is 2.30. The van der Waals surface area contributed by atoms with E-state index in [1.54, 1.807) is 19.9 Å². The summed E-state index contributed by atoms with van der Waals surface area (Å²) in [6.45, 7) is 3.22. The van der Waals surface area contributed by atoms with E-state index in [1.165, 1.54) is 16.8 Å². The molecule has 0 aromatic carbocycles. The molecule has 0 saturated carbocycles. The van der Waals surface area contributed by atoms with Gasteiger partial charge < -0.3 is 10.4 Å². The van der Waals surface area contributed by atoms with Crippen molar-refractivity contribution < 1.29 is 14.7 Å². The first kappa shape index (κ1) is 15.4. The van der Waals surface area contributed by atoms with Crippen LogP contribution < -0.4 is 10.9 Å². The van der Waals surface area contributed by atoms with Crippen molar-refractivity contribution >= 4 is 27.8 Å². The average Bonchev–Trinajstić information content (AvgIpc) is 2.31. The van der Waals surface area contributed by atoms with Gasteiger partial charge in [-0.25, -0.2) is 0 Å². The van der Waals surface area contributed by atoms with Gasteiger partial charge in [-0.15, -0.1) is 0 Å². The summed E-state index contributed by atoms with van der Waals surface area (Å²) in [4.78, 5) is 34.2. The molecular formula is C12H15BrN2O4. The monoisotopic (exact) mass is 330 g/mol. The standard InChI is InChI=1S/C12H15BrN2O4/c1-12(2,11(19)14-6-5-10(17)18)15-7-8(13)3-4-9(15)16/h3-4,7H,5-6H2,1-2H3,(H,14,19)(H,17,18). The lowest BCUT2D eigenvalue weighted by atomic mass is 10.0. The number of amides is 1. The normalized spacial score (nSPS) is 11.1. The van der Waals surface area contributed by atoms with E-state index >= 15 is 0 Å². The number of rotatable bonds is 5. The van der Waals surface area contributed by atoms with Crippen LogP contribution in [-0.2, 0) is 15.1 Å². The quantitative estimate of drug-likeness (QED) is 0.840. The van der Waals surface area contributed by atoms with Crippen LogP contribution in [0.25, 0.3) is 0 Å². The number of pyridine rings is 1. The van der Waals surface area contributed by atoms with E-state index in [4.69, 9.17) is 5.11 Å². The summed E-state index contributed by atoms with van der Waals surface area (Å²) in [5.41, 5.74) is -1.40. The first-order valence-electron chi connectivity index (χ1n) is 5.64. The van der Waals surface area contributed by atoms with E-state index < -0.39 is 17.4 Å². The van der Waals surface area contributed by atoms with Gasteiger partial charge in [0.15, 0.2) is 0 Å². The zero-order valence-corrected chi connectivity index (χ0v) is 12.2. The van der Waals surface area contributed by atoms with E-state index in [-0.39, 0.29) is 18.5 Å². The molecule has 1 heterocycles. The number of aliphatic carboxylic acids is 1. The highest BCUT2D eigenvalue weighted by atomic mass is 79.9. The second-order valence-corrected chi connectivity index (χ2v) is 5.43. The number of nitrogens with zero attached hydrogens (tertiary/aromatic N) is 1. The number of hydrogen-bond donors (Lipinski definition) is 2. The van der Waals surface area contributed by atoms with Crippen molar-refractivity contribution in [2.75, 3.05) is 6.54 Å². The van der Waals surface area contributed by atoms with Crippen LogP contribution >= 0.6 is 15.9 Å². The smallest absolute Gasteiger partial charge is 0.305 e. The molecule has 0 aliphatic carbocycles. The minimum Gasteiger partial charge on any atom is -0.481 e. The lowest BCUT2D eigenvalue weighted by molar-refractivity contribution is -0.137. The molecule has 0 spiro atoms. The number of carbonyl (C=O) groups excluding carboxylic acids is 1. The third kappa shape index (κ3) is 3.92. The molecule has 2 N–H and O–H groups in total. The van der Waals surface area contributed by atoms with Gasteiger partial charge >= 0.3 is 5.97 Å². The van der Waals surface area contributed by atoms with Gasteiger partial charge in [0.05, 0.1) is 6.42 Å².